The molecule has 0 bridgehead atoms. The number of benzene rings is 4. The van der Waals surface area contributed by atoms with E-state index >= 15 is 0 Å². The lowest BCUT2D eigenvalue weighted by Gasteiger charge is -2.12. The molecular formula is C27H19F3N2O5. The minimum absolute atomic E-state index is 0.0879. The summed E-state index contributed by atoms with van der Waals surface area (Å²) in [4.78, 5) is 14.8. The van der Waals surface area contributed by atoms with Gasteiger partial charge in [-0.1, -0.05) is 18.2 Å². The fourth-order valence-electron chi connectivity index (χ4n) is 3.26. The Bertz CT molecular complexity index is 1420. The van der Waals surface area contributed by atoms with E-state index in [9.17, 15) is 23.3 Å². The number of methoxy groups -OCH3 is 1. The number of hydrogen-bond donors (Lipinski definition) is 0. The summed E-state index contributed by atoms with van der Waals surface area (Å²) in [7, 11) is 1.37. The first kappa shape index (κ1) is 25.2. The van der Waals surface area contributed by atoms with Crippen LogP contribution in [-0.4, -0.2) is 18.2 Å². The van der Waals surface area contributed by atoms with Crippen LogP contribution in [-0.2, 0) is 6.18 Å². The average Bonchev–Trinajstić information content (AvgIpc) is 2.89. The third kappa shape index (κ3) is 6.43. The molecule has 0 aliphatic carbocycles. The summed E-state index contributed by atoms with van der Waals surface area (Å²) in [5.41, 5.74) is -0.664. The summed E-state index contributed by atoms with van der Waals surface area (Å²) >= 11 is 0. The molecule has 0 fully saturated rings. The van der Waals surface area contributed by atoms with E-state index in [1.54, 1.807) is 42.6 Å². The molecule has 4 aromatic rings. The SMILES string of the molecule is COc1cc(C=Nc2ccc(Oc3ccccc3)cc2)ccc1Oc1ccc(C(F)(F)F)cc1[N+](=O)[O-]. The third-order valence-electron chi connectivity index (χ3n) is 5.07. The van der Waals surface area contributed by atoms with Gasteiger partial charge in [-0.15, -0.1) is 0 Å². The molecule has 7 nitrogen and oxygen atoms in total. The molecular weight excluding hydrogens is 489 g/mol. The minimum atomic E-state index is -4.72. The number of hydrogen-bond acceptors (Lipinski definition) is 6. The smallest absolute Gasteiger partial charge is 0.416 e. The first-order chi connectivity index (χ1) is 17.7. The Morgan fingerprint density at radius 2 is 1.49 bits per heavy atom. The Kier molecular flexibility index (Phi) is 7.38. The normalized spacial score (nSPS) is 11.4. The van der Waals surface area contributed by atoms with Crippen molar-refractivity contribution in [3.63, 3.8) is 0 Å². The maximum Gasteiger partial charge on any atom is 0.416 e. The van der Waals surface area contributed by atoms with Gasteiger partial charge in [-0.25, -0.2) is 0 Å². The van der Waals surface area contributed by atoms with E-state index in [4.69, 9.17) is 14.2 Å². The standard InChI is InChI=1S/C27H19F3N2O5/c1-35-26-15-18(17-31-20-9-11-22(12-10-20)36-21-5-3-2-4-6-21)7-13-25(26)37-24-14-8-19(27(28,29)30)16-23(24)32(33)34/h2-17H,1H3. The van der Waals surface area contributed by atoms with Gasteiger partial charge >= 0.3 is 11.9 Å². The van der Waals surface area contributed by atoms with E-state index in [2.05, 4.69) is 4.99 Å². The second kappa shape index (κ2) is 10.8. The topological polar surface area (TPSA) is 83.2 Å². The summed E-state index contributed by atoms with van der Waals surface area (Å²) in [6, 6.07) is 23.2. The van der Waals surface area contributed by atoms with Crippen LogP contribution in [0.2, 0.25) is 0 Å². The number of rotatable bonds is 8. The Balaban J connectivity index is 1.50. The second-order valence-corrected chi connectivity index (χ2v) is 7.62. The van der Waals surface area contributed by atoms with Gasteiger partial charge in [0.15, 0.2) is 11.5 Å². The Labute approximate surface area is 209 Å². The van der Waals surface area contributed by atoms with E-state index in [-0.39, 0.29) is 17.2 Å². The first-order valence-electron chi connectivity index (χ1n) is 10.8. The zero-order chi connectivity index (χ0) is 26.4. The van der Waals surface area contributed by atoms with Crippen molar-refractivity contribution in [3.05, 3.63) is 112 Å². The van der Waals surface area contributed by atoms with Gasteiger partial charge in [0.2, 0.25) is 5.75 Å². The molecule has 0 heterocycles. The Hall–Kier alpha value is -4.86. The molecule has 0 saturated heterocycles. The molecule has 0 aromatic heterocycles. The van der Waals surface area contributed by atoms with Gasteiger partial charge in [-0.2, -0.15) is 13.2 Å². The molecule has 0 spiro atoms. The molecule has 0 aliphatic heterocycles. The average molecular weight is 508 g/mol. The van der Waals surface area contributed by atoms with Crippen molar-refractivity contribution in [2.75, 3.05) is 7.11 Å². The fourth-order valence-corrected chi connectivity index (χ4v) is 3.26. The van der Waals surface area contributed by atoms with Gasteiger partial charge in [-0.05, 0) is 72.3 Å². The van der Waals surface area contributed by atoms with Gasteiger partial charge in [0.1, 0.15) is 11.5 Å². The number of alkyl halides is 3. The first-order valence-corrected chi connectivity index (χ1v) is 10.8. The van der Waals surface area contributed by atoms with Crippen molar-refractivity contribution in [2.24, 2.45) is 4.99 Å². The van der Waals surface area contributed by atoms with Crippen LogP contribution in [0.1, 0.15) is 11.1 Å². The molecule has 0 aliphatic rings. The van der Waals surface area contributed by atoms with Crippen molar-refractivity contribution in [1.29, 1.82) is 0 Å². The monoisotopic (exact) mass is 508 g/mol. The van der Waals surface area contributed by atoms with E-state index < -0.39 is 22.4 Å². The number of nitro groups is 1. The van der Waals surface area contributed by atoms with Crippen LogP contribution in [0.3, 0.4) is 0 Å². The van der Waals surface area contributed by atoms with Crippen LogP contribution in [0.4, 0.5) is 24.5 Å². The van der Waals surface area contributed by atoms with E-state index in [1.165, 1.54) is 13.2 Å². The maximum atomic E-state index is 13.0. The van der Waals surface area contributed by atoms with Crippen molar-refractivity contribution in [1.82, 2.24) is 0 Å². The maximum absolute atomic E-state index is 13.0. The molecule has 10 heteroatoms. The molecule has 0 amide bonds. The molecule has 188 valence electrons. The number of nitrogens with zero attached hydrogens (tertiary/aromatic N) is 2. The molecule has 0 radical (unpaired) electrons. The highest BCUT2D eigenvalue weighted by Crippen LogP contribution is 2.40. The van der Waals surface area contributed by atoms with Gasteiger partial charge in [0.25, 0.3) is 0 Å². The highest BCUT2D eigenvalue weighted by atomic mass is 19.4. The van der Waals surface area contributed by atoms with Crippen molar-refractivity contribution >= 4 is 17.6 Å². The molecule has 37 heavy (non-hydrogen) atoms. The predicted octanol–water partition coefficient (Wildman–Crippen LogP) is 7.96. The summed E-state index contributed by atoms with van der Waals surface area (Å²) in [5.74, 6) is 1.32. The largest absolute Gasteiger partial charge is 0.493 e. The number of aliphatic imine (C=N–C) groups is 1. The lowest BCUT2D eigenvalue weighted by Crippen LogP contribution is -2.06. The lowest BCUT2D eigenvalue weighted by atomic mass is 10.1. The summed E-state index contributed by atoms with van der Waals surface area (Å²) < 4.78 is 55.5. The van der Waals surface area contributed by atoms with Crippen LogP contribution < -0.4 is 14.2 Å². The fraction of sp³-hybridized carbons (Fsp3) is 0.0741. The van der Waals surface area contributed by atoms with E-state index in [0.717, 1.165) is 11.8 Å². The van der Waals surface area contributed by atoms with Gasteiger partial charge in [-0.3, -0.25) is 15.1 Å². The Morgan fingerprint density at radius 3 is 2.14 bits per heavy atom. The number of nitro benzene ring substituents is 1. The van der Waals surface area contributed by atoms with E-state index in [1.807, 2.05) is 30.3 Å². The molecule has 4 rings (SSSR count). The quantitative estimate of drug-likeness (QED) is 0.137. The second-order valence-electron chi connectivity index (χ2n) is 7.62. The zero-order valence-corrected chi connectivity index (χ0v) is 19.3. The summed E-state index contributed by atoms with van der Waals surface area (Å²) in [6.45, 7) is 0. The highest BCUT2D eigenvalue weighted by Gasteiger charge is 2.33. The molecule has 0 N–H and O–H groups in total. The van der Waals surface area contributed by atoms with Crippen molar-refractivity contribution in [2.45, 2.75) is 6.18 Å². The van der Waals surface area contributed by atoms with Crippen LogP contribution in [0, 0.1) is 10.1 Å². The Morgan fingerprint density at radius 1 is 0.811 bits per heavy atom. The predicted molar refractivity (Wildman–Crippen MR) is 131 cm³/mol. The van der Waals surface area contributed by atoms with Crippen LogP contribution in [0.5, 0.6) is 28.7 Å². The lowest BCUT2D eigenvalue weighted by molar-refractivity contribution is -0.385. The van der Waals surface area contributed by atoms with Gasteiger partial charge < -0.3 is 14.2 Å². The van der Waals surface area contributed by atoms with E-state index in [0.29, 0.717) is 29.1 Å². The van der Waals surface area contributed by atoms with Crippen LogP contribution in [0.25, 0.3) is 0 Å². The van der Waals surface area contributed by atoms with Crippen LogP contribution in [0.15, 0.2) is 96.0 Å². The van der Waals surface area contributed by atoms with Gasteiger partial charge in [0, 0.05) is 12.3 Å². The summed E-state index contributed by atoms with van der Waals surface area (Å²) in [5, 5.41) is 11.3. The molecule has 0 unspecified atom stereocenters. The van der Waals surface area contributed by atoms with Crippen molar-refractivity contribution in [3.8, 4) is 28.7 Å². The number of para-hydroxylation sites is 1. The molecule has 4 aromatic carbocycles. The molecule has 0 saturated carbocycles. The molecule has 0 atom stereocenters. The van der Waals surface area contributed by atoms with Crippen molar-refractivity contribution < 1.29 is 32.3 Å². The van der Waals surface area contributed by atoms with Crippen LogP contribution >= 0.6 is 0 Å². The third-order valence-corrected chi connectivity index (χ3v) is 5.07. The minimum Gasteiger partial charge on any atom is -0.493 e. The summed E-state index contributed by atoms with van der Waals surface area (Å²) in [6.07, 6.45) is -3.14. The number of ether oxygens (including phenoxy) is 3. The number of halogens is 3. The zero-order valence-electron chi connectivity index (χ0n) is 19.3. The van der Waals surface area contributed by atoms with Gasteiger partial charge in [0.05, 0.1) is 23.3 Å². The highest BCUT2D eigenvalue weighted by molar-refractivity contribution is 5.83.